The van der Waals surface area contributed by atoms with E-state index in [9.17, 15) is 31.2 Å². The molecule has 2 fully saturated rings. The first-order valence-corrected chi connectivity index (χ1v) is 10.3. The van der Waals surface area contributed by atoms with Crippen molar-refractivity contribution >= 4 is 21.7 Å². The summed E-state index contributed by atoms with van der Waals surface area (Å²) in [5.41, 5.74) is 4.29. The highest BCUT2D eigenvalue weighted by atomic mass is 32.2. The maximum atomic E-state index is 12.9. The molecule has 7 nitrogen and oxygen atoms in total. The molecule has 28 heavy (non-hydrogen) atoms. The van der Waals surface area contributed by atoms with Crippen LogP contribution < -0.4 is 10.5 Å². The Bertz CT molecular complexity index is 947. The van der Waals surface area contributed by atoms with E-state index in [1.165, 1.54) is 4.90 Å². The van der Waals surface area contributed by atoms with E-state index in [2.05, 4.69) is 0 Å². The van der Waals surface area contributed by atoms with Crippen LogP contribution in [0, 0.1) is 11.3 Å². The van der Waals surface area contributed by atoms with Gasteiger partial charge in [-0.05, 0) is 37.5 Å². The van der Waals surface area contributed by atoms with Gasteiger partial charge in [0.1, 0.15) is 5.75 Å². The van der Waals surface area contributed by atoms with Gasteiger partial charge in [0.05, 0.1) is 15.9 Å². The summed E-state index contributed by atoms with van der Waals surface area (Å²) in [4.78, 5) is 25.6. The van der Waals surface area contributed by atoms with Crippen LogP contribution >= 0.6 is 0 Å². The Kier molecular flexibility index (Phi) is 4.64. The summed E-state index contributed by atoms with van der Waals surface area (Å²) in [6, 6.07) is 3.11. The van der Waals surface area contributed by atoms with Crippen molar-refractivity contribution in [3.8, 4) is 5.75 Å². The van der Waals surface area contributed by atoms with Crippen LogP contribution in [0.2, 0.25) is 0 Å². The number of fused-ring (bicyclic) bond motifs is 1. The van der Waals surface area contributed by atoms with Gasteiger partial charge in [0.25, 0.3) is 5.91 Å². The fourth-order valence-electron chi connectivity index (χ4n) is 3.46. The van der Waals surface area contributed by atoms with Gasteiger partial charge < -0.3 is 15.4 Å². The number of alkyl halides is 3. The minimum atomic E-state index is -4.67. The number of ether oxygens (including phenoxy) is 1. The third kappa shape index (κ3) is 3.54. The number of rotatable bonds is 5. The summed E-state index contributed by atoms with van der Waals surface area (Å²) in [6.45, 7) is 1.05. The SMILES string of the molecule is CC(Oc1ccc(S(C)(=O)=O)cc1C(=O)N1CC2CC2(C(N)=O)C1)C(F)(F)F. The molecule has 1 aliphatic carbocycles. The van der Waals surface area contributed by atoms with Gasteiger partial charge in [-0.1, -0.05) is 0 Å². The molecule has 1 aromatic carbocycles. The fraction of sp³-hybridized carbons (Fsp3) is 0.529. The van der Waals surface area contributed by atoms with E-state index in [1.54, 1.807) is 0 Å². The van der Waals surface area contributed by atoms with Gasteiger partial charge >= 0.3 is 6.18 Å². The summed E-state index contributed by atoms with van der Waals surface area (Å²) in [6.07, 6.45) is -5.39. The molecule has 1 aromatic rings. The Balaban J connectivity index is 1.95. The van der Waals surface area contributed by atoms with Crippen LogP contribution in [0.1, 0.15) is 23.7 Å². The Morgan fingerprint density at radius 2 is 2.00 bits per heavy atom. The molecule has 0 spiro atoms. The zero-order valence-electron chi connectivity index (χ0n) is 15.1. The lowest BCUT2D eigenvalue weighted by Gasteiger charge is -2.24. The van der Waals surface area contributed by atoms with Crippen LogP contribution in [-0.4, -0.2) is 56.8 Å². The van der Waals surface area contributed by atoms with Gasteiger partial charge in [0.2, 0.25) is 5.91 Å². The monoisotopic (exact) mass is 420 g/mol. The zero-order chi connectivity index (χ0) is 21.1. The van der Waals surface area contributed by atoms with Crippen molar-refractivity contribution in [2.75, 3.05) is 19.3 Å². The quantitative estimate of drug-likeness (QED) is 0.774. The van der Waals surface area contributed by atoms with Gasteiger partial charge in [-0.2, -0.15) is 13.2 Å². The van der Waals surface area contributed by atoms with Crippen molar-refractivity contribution in [1.82, 2.24) is 4.90 Å². The molecule has 0 radical (unpaired) electrons. The number of hydrogen-bond acceptors (Lipinski definition) is 5. The smallest absolute Gasteiger partial charge is 0.425 e. The molecule has 3 rings (SSSR count). The third-order valence-corrected chi connectivity index (χ3v) is 6.41. The van der Waals surface area contributed by atoms with Crippen molar-refractivity contribution in [3.63, 3.8) is 0 Å². The zero-order valence-corrected chi connectivity index (χ0v) is 15.9. The second-order valence-corrected chi connectivity index (χ2v) is 9.35. The number of hydrogen-bond donors (Lipinski definition) is 1. The van der Waals surface area contributed by atoms with E-state index in [0.717, 1.165) is 31.4 Å². The minimum absolute atomic E-state index is 0.0448. The summed E-state index contributed by atoms with van der Waals surface area (Å²) in [5.74, 6) is -1.70. The van der Waals surface area contributed by atoms with Crippen molar-refractivity contribution in [2.24, 2.45) is 17.1 Å². The fourth-order valence-corrected chi connectivity index (χ4v) is 4.10. The van der Waals surface area contributed by atoms with Crippen LogP contribution in [-0.2, 0) is 14.6 Å². The summed E-state index contributed by atoms with van der Waals surface area (Å²) < 4.78 is 67.1. The highest BCUT2D eigenvalue weighted by Gasteiger charge is 2.65. The van der Waals surface area contributed by atoms with Crippen LogP contribution in [0.4, 0.5) is 13.2 Å². The largest absolute Gasteiger partial charge is 0.480 e. The third-order valence-electron chi connectivity index (χ3n) is 5.30. The van der Waals surface area contributed by atoms with Crippen molar-refractivity contribution in [2.45, 2.75) is 30.5 Å². The van der Waals surface area contributed by atoms with Gasteiger partial charge in [-0.15, -0.1) is 0 Å². The number of carbonyl (C=O) groups excluding carboxylic acids is 2. The lowest BCUT2D eigenvalue weighted by Crippen LogP contribution is -2.37. The first-order valence-electron chi connectivity index (χ1n) is 8.42. The number of halogens is 3. The number of sulfone groups is 1. The van der Waals surface area contributed by atoms with Gasteiger partial charge in [-0.3, -0.25) is 9.59 Å². The van der Waals surface area contributed by atoms with Crippen molar-refractivity contribution in [1.29, 1.82) is 0 Å². The van der Waals surface area contributed by atoms with E-state index in [0.29, 0.717) is 6.42 Å². The Hall–Kier alpha value is -2.30. The molecule has 2 aliphatic rings. The van der Waals surface area contributed by atoms with Crippen LogP contribution in [0.5, 0.6) is 5.75 Å². The summed E-state index contributed by atoms with van der Waals surface area (Å²) in [7, 11) is -3.71. The lowest BCUT2D eigenvalue weighted by molar-refractivity contribution is -0.189. The van der Waals surface area contributed by atoms with E-state index >= 15 is 0 Å². The minimum Gasteiger partial charge on any atom is -0.480 e. The first kappa shape index (κ1) is 20.4. The second-order valence-electron chi connectivity index (χ2n) is 7.34. The normalized spacial score (nSPS) is 25.2. The molecule has 0 bridgehead atoms. The standard InChI is InChI=1S/C17H19F3N2O5S/c1-9(17(18,19)20)27-13-4-3-11(28(2,25)26)5-12(13)14(23)22-7-10-6-16(10,8-22)15(21)24/h3-5,9-10H,6-8H2,1-2H3,(H2,21,24). The molecular formula is C17H19F3N2O5S. The van der Waals surface area contributed by atoms with Gasteiger partial charge in [0.15, 0.2) is 15.9 Å². The second kappa shape index (κ2) is 6.36. The van der Waals surface area contributed by atoms with Crippen LogP contribution in [0.15, 0.2) is 23.1 Å². The molecule has 154 valence electrons. The number of piperidine rings is 1. The van der Waals surface area contributed by atoms with Crippen molar-refractivity contribution in [3.05, 3.63) is 23.8 Å². The maximum absolute atomic E-state index is 12.9. The number of nitrogens with zero attached hydrogens (tertiary/aromatic N) is 1. The molecule has 2 amide bonds. The van der Waals surface area contributed by atoms with E-state index in [1.807, 2.05) is 0 Å². The maximum Gasteiger partial charge on any atom is 0.425 e. The number of nitrogens with two attached hydrogens (primary N) is 1. The average Bonchev–Trinajstić information content (AvgIpc) is 3.14. The number of benzene rings is 1. The number of carbonyl (C=O) groups is 2. The number of primary amides is 1. The summed E-state index contributed by atoms with van der Waals surface area (Å²) in [5, 5.41) is 0. The van der Waals surface area contributed by atoms with Crippen molar-refractivity contribution < 1.29 is 35.9 Å². The Morgan fingerprint density at radius 1 is 1.36 bits per heavy atom. The Morgan fingerprint density at radius 3 is 2.50 bits per heavy atom. The topological polar surface area (TPSA) is 107 Å². The molecule has 1 heterocycles. The summed E-state index contributed by atoms with van der Waals surface area (Å²) >= 11 is 0. The molecule has 1 saturated carbocycles. The Labute approximate surface area is 159 Å². The van der Waals surface area contributed by atoms with E-state index in [-0.39, 0.29) is 35.2 Å². The van der Waals surface area contributed by atoms with Crippen LogP contribution in [0.3, 0.4) is 0 Å². The lowest BCUT2D eigenvalue weighted by atomic mass is 10.1. The highest BCUT2D eigenvalue weighted by Crippen LogP contribution is 2.57. The molecule has 0 aromatic heterocycles. The number of amides is 2. The van der Waals surface area contributed by atoms with Crippen LogP contribution in [0.25, 0.3) is 0 Å². The molecule has 11 heteroatoms. The highest BCUT2D eigenvalue weighted by molar-refractivity contribution is 7.90. The predicted octanol–water partition coefficient (Wildman–Crippen LogP) is 1.37. The van der Waals surface area contributed by atoms with E-state index in [4.69, 9.17) is 10.5 Å². The molecule has 3 atom stereocenters. The molecular weight excluding hydrogens is 401 g/mol. The number of likely N-dealkylation sites (tertiary alicyclic amines) is 1. The van der Waals surface area contributed by atoms with E-state index < -0.39 is 39.3 Å². The average molecular weight is 420 g/mol. The predicted molar refractivity (Wildman–Crippen MR) is 91.3 cm³/mol. The van der Waals surface area contributed by atoms with Gasteiger partial charge in [-0.25, -0.2) is 8.42 Å². The molecule has 3 unspecified atom stereocenters. The molecule has 1 aliphatic heterocycles. The first-order chi connectivity index (χ1) is 12.8. The molecule has 1 saturated heterocycles. The molecule has 2 N–H and O–H groups in total. The van der Waals surface area contributed by atoms with Gasteiger partial charge in [0, 0.05) is 19.3 Å².